The van der Waals surface area contributed by atoms with Gasteiger partial charge in [-0.2, -0.15) is 0 Å². The van der Waals surface area contributed by atoms with Crippen LogP contribution in [0, 0.1) is 0 Å². The first-order valence-electron chi connectivity index (χ1n) is 5.00. The molecule has 4 nitrogen and oxygen atoms in total. The third-order valence-corrected chi connectivity index (χ3v) is 2.98. The quantitative estimate of drug-likeness (QED) is 0.578. The highest BCUT2D eigenvalue weighted by molar-refractivity contribution is 7.80. The zero-order valence-electron chi connectivity index (χ0n) is 9.14. The lowest BCUT2D eigenvalue weighted by Gasteiger charge is -2.13. The van der Waals surface area contributed by atoms with Crippen molar-refractivity contribution in [3.05, 3.63) is 29.9 Å². The van der Waals surface area contributed by atoms with Crippen LogP contribution in [0.5, 0.6) is 0 Å². The average molecular weight is 236 g/mol. The largest absolute Gasteiger partial charge is 0.465 e. The van der Waals surface area contributed by atoms with Crippen molar-refractivity contribution in [1.82, 2.24) is 9.80 Å². The van der Waals surface area contributed by atoms with E-state index in [1.165, 1.54) is 0 Å². The Bertz CT molecular complexity index is 451. The maximum absolute atomic E-state index is 12.0. The van der Waals surface area contributed by atoms with E-state index in [2.05, 4.69) is 0 Å². The third kappa shape index (κ3) is 1.63. The van der Waals surface area contributed by atoms with Gasteiger partial charge in [0.25, 0.3) is 5.91 Å². The molecule has 5 heteroatoms. The summed E-state index contributed by atoms with van der Waals surface area (Å²) in [6.07, 6.45) is 3.27. The van der Waals surface area contributed by atoms with Gasteiger partial charge in [0.2, 0.25) is 0 Å². The summed E-state index contributed by atoms with van der Waals surface area (Å²) < 4.78 is 5.18. The maximum atomic E-state index is 12.0. The highest BCUT2D eigenvalue weighted by atomic mass is 32.1. The standard InChI is InChI=1S/C11H12N2O2S/c1-3-13-10(14)9(12(2)11(13)16)7-8-5-4-6-15-8/h4-7H,3H2,1-2H3/b9-7-. The van der Waals surface area contributed by atoms with Crippen molar-refractivity contribution in [2.75, 3.05) is 13.6 Å². The monoisotopic (exact) mass is 236 g/mol. The van der Waals surface area contributed by atoms with Gasteiger partial charge in [0, 0.05) is 19.7 Å². The Morgan fingerprint density at radius 3 is 2.81 bits per heavy atom. The molecule has 0 aliphatic carbocycles. The molecule has 0 radical (unpaired) electrons. The van der Waals surface area contributed by atoms with Crippen LogP contribution in [0.4, 0.5) is 0 Å². The molecular formula is C11H12N2O2S. The Morgan fingerprint density at radius 2 is 2.31 bits per heavy atom. The Hall–Kier alpha value is -1.62. The third-order valence-electron chi connectivity index (χ3n) is 2.48. The van der Waals surface area contributed by atoms with E-state index in [-0.39, 0.29) is 5.91 Å². The van der Waals surface area contributed by atoms with Crippen molar-refractivity contribution in [3.63, 3.8) is 0 Å². The molecule has 1 saturated heterocycles. The van der Waals surface area contributed by atoms with E-state index in [4.69, 9.17) is 16.6 Å². The number of furan rings is 1. The zero-order valence-corrected chi connectivity index (χ0v) is 9.95. The molecule has 1 aromatic rings. The van der Waals surface area contributed by atoms with E-state index in [0.717, 1.165) is 0 Å². The fourth-order valence-corrected chi connectivity index (χ4v) is 1.91. The topological polar surface area (TPSA) is 36.7 Å². The van der Waals surface area contributed by atoms with Gasteiger partial charge in [-0.25, -0.2) is 0 Å². The van der Waals surface area contributed by atoms with Crippen molar-refractivity contribution in [2.45, 2.75) is 6.92 Å². The van der Waals surface area contributed by atoms with Gasteiger partial charge < -0.3 is 9.32 Å². The fourth-order valence-electron chi connectivity index (χ4n) is 1.60. The summed E-state index contributed by atoms with van der Waals surface area (Å²) in [6.45, 7) is 2.48. The van der Waals surface area contributed by atoms with E-state index in [1.807, 2.05) is 6.92 Å². The molecule has 1 fully saturated rings. The van der Waals surface area contributed by atoms with Crippen molar-refractivity contribution in [3.8, 4) is 0 Å². The van der Waals surface area contributed by atoms with Crippen LogP contribution in [0.2, 0.25) is 0 Å². The molecule has 1 amide bonds. The molecule has 2 heterocycles. The van der Waals surface area contributed by atoms with Crippen LogP contribution in [-0.2, 0) is 4.79 Å². The molecule has 84 valence electrons. The molecule has 0 saturated carbocycles. The number of hydrogen-bond donors (Lipinski definition) is 0. The Morgan fingerprint density at radius 1 is 1.56 bits per heavy atom. The van der Waals surface area contributed by atoms with Crippen LogP contribution >= 0.6 is 12.2 Å². The van der Waals surface area contributed by atoms with Crippen molar-refractivity contribution >= 4 is 29.3 Å². The Labute approximate surface area is 99.1 Å². The van der Waals surface area contributed by atoms with Crippen LogP contribution in [0.1, 0.15) is 12.7 Å². The summed E-state index contributed by atoms with van der Waals surface area (Å²) >= 11 is 5.17. The van der Waals surface area contributed by atoms with E-state index < -0.39 is 0 Å². The second-order valence-electron chi connectivity index (χ2n) is 3.44. The summed E-state index contributed by atoms with van der Waals surface area (Å²) in [6, 6.07) is 3.58. The van der Waals surface area contributed by atoms with Gasteiger partial charge in [-0.05, 0) is 31.3 Å². The molecule has 0 aromatic carbocycles. The van der Waals surface area contributed by atoms with Gasteiger partial charge in [0.1, 0.15) is 11.5 Å². The minimum absolute atomic E-state index is 0.0774. The second-order valence-corrected chi connectivity index (χ2v) is 3.80. The number of hydrogen-bond acceptors (Lipinski definition) is 3. The lowest BCUT2D eigenvalue weighted by molar-refractivity contribution is -0.122. The first-order chi connectivity index (χ1) is 7.65. The number of carbonyl (C=O) groups excluding carboxylic acids is 1. The van der Waals surface area contributed by atoms with Gasteiger partial charge in [-0.3, -0.25) is 9.69 Å². The van der Waals surface area contributed by atoms with E-state index >= 15 is 0 Å². The highest BCUT2D eigenvalue weighted by Crippen LogP contribution is 2.21. The summed E-state index contributed by atoms with van der Waals surface area (Å²) in [5, 5.41) is 0.533. The van der Waals surface area contributed by atoms with E-state index in [1.54, 1.807) is 41.3 Å². The molecule has 0 spiro atoms. The molecule has 0 N–H and O–H groups in total. The molecule has 0 unspecified atom stereocenters. The number of carbonyl (C=O) groups is 1. The average Bonchev–Trinajstić information content (AvgIpc) is 2.83. The van der Waals surface area contributed by atoms with Gasteiger partial charge in [0.15, 0.2) is 5.11 Å². The van der Waals surface area contributed by atoms with Crippen LogP contribution in [0.25, 0.3) is 6.08 Å². The van der Waals surface area contributed by atoms with Crippen LogP contribution in [0.15, 0.2) is 28.5 Å². The normalized spacial score (nSPS) is 19.0. The fraction of sp³-hybridized carbons (Fsp3) is 0.273. The summed E-state index contributed by atoms with van der Waals surface area (Å²) in [7, 11) is 1.78. The van der Waals surface area contributed by atoms with Gasteiger partial charge in [0.05, 0.1) is 6.26 Å². The molecule has 0 atom stereocenters. The van der Waals surface area contributed by atoms with Crippen molar-refractivity contribution in [1.29, 1.82) is 0 Å². The summed E-state index contributed by atoms with van der Waals surface area (Å²) in [4.78, 5) is 15.2. The van der Waals surface area contributed by atoms with Crippen LogP contribution < -0.4 is 0 Å². The first kappa shape index (κ1) is 10.9. The second kappa shape index (κ2) is 4.09. The zero-order chi connectivity index (χ0) is 11.7. The van der Waals surface area contributed by atoms with Crippen molar-refractivity contribution < 1.29 is 9.21 Å². The van der Waals surface area contributed by atoms with Crippen LogP contribution in [0.3, 0.4) is 0 Å². The van der Waals surface area contributed by atoms with Gasteiger partial charge >= 0.3 is 0 Å². The number of thiocarbonyl (C=S) groups is 1. The lowest BCUT2D eigenvalue weighted by atomic mass is 10.3. The Balaban J connectivity index is 2.36. The van der Waals surface area contributed by atoms with E-state index in [9.17, 15) is 4.79 Å². The minimum Gasteiger partial charge on any atom is -0.465 e. The van der Waals surface area contributed by atoms with Crippen LogP contribution in [-0.4, -0.2) is 34.4 Å². The number of rotatable bonds is 2. The molecule has 16 heavy (non-hydrogen) atoms. The highest BCUT2D eigenvalue weighted by Gasteiger charge is 2.34. The first-order valence-corrected chi connectivity index (χ1v) is 5.40. The predicted molar refractivity (Wildman–Crippen MR) is 64.4 cm³/mol. The van der Waals surface area contributed by atoms with E-state index in [0.29, 0.717) is 23.1 Å². The molecule has 1 aliphatic heterocycles. The number of likely N-dealkylation sites (N-methyl/N-ethyl adjacent to an activating group) is 2. The molecule has 0 bridgehead atoms. The molecule has 1 aliphatic rings. The number of amides is 1. The summed E-state index contributed by atoms with van der Waals surface area (Å²) in [5.41, 5.74) is 0.543. The van der Waals surface area contributed by atoms with Crippen molar-refractivity contribution in [2.24, 2.45) is 0 Å². The smallest absolute Gasteiger partial charge is 0.276 e. The maximum Gasteiger partial charge on any atom is 0.276 e. The predicted octanol–water partition coefficient (Wildman–Crippen LogP) is 1.70. The molecular weight excluding hydrogens is 224 g/mol. The number of nitrogens with zero attached hydrogens (tertiary/aromatic N) is 2. The molecule has 1 aromatic heterocycles. The van der Waals surface area contributed by atoms with Gasteiger partial charge in [-0.1, -0.05) is 0 Å². The molecule has 2 rings (SSSR count). The minimum atomic E-state index is -0.0774. The lowest BCUT2D eigenvalue weighted by Crippen LogP contribution is -2.30. The SMILES string of the molecule is CCN1C(=O)/C(=C/c2ccco2)N(C)C1=S. The van der Waals surface area contributed by atoms with Gasteiger partial charge in [-0.15, -0.1) is 0 Å². The Kier molecular flexibility index (Phi) is 2.78. The summed E-state index contributed by atoms with van der Waals surface area (Å²) in [5.74, 6) is 0.572.